The number of H-pyrrole nitrogens is 1. The first-order valence-corrected chi connectivity index (χ1v) is 5.95. The number of fused-ring (bicyclic) bond motifs is 1. The molecule has 0 fully saturated rings. The summed E-state index contributed by atoms with van der Waals surface area (Å²) < 4.78 is 5.04. The van der Waals surface area contributed by atoms with Crippen LogP contribution < -0.4 is 4.74 Å². The number of imidazole rings is 1. The molecule has 0 aliphatic heterocycles. The number of nitrogens with zero attached hydrogens (tertiary/aromatic N) is 2. The molecule has 0 bridgehead atoms. The summed E-state index contributed by atoms with van der Waals surface area (Å²) in [5.74, 6) is 1.10. The van der Waals surface area contributed by atoms with Gasteiger partial charge in [0.25, 0.3) is 0 Å². The van der Waals surface area contributed by atoms with Crippen molar-refractivity contribution >= 4 is 22.8 Å². The number of phenolic OH excluding ortho intramolecular Hbond substituents is 1. The van der Waals surface area contributed by atoms with Crippen molar-refractivity contribution in [2.24, 2.45) is 0 Å². The van der Waals surface area contributed by atoms with Crippen molar-refractivity contribution in [3.8, 4) is 23.0 Å². The summed E-state index contributed by atoms with van der Waals surface area (Å²) in [5.41, 5.74) is 1.81. The Labute approximate surface area is 113 Å². The standard InChI is InChI=1S/C13H10ClN3O2/c1-19-11-5-3-9-13(16-11)17-12(15-9)8-6-7(14)2-4-10(8)18/h2-6,18H,1H3,(H,15,16,17). The minimum absolute atomic E-state index is 0.107. The van der Waals surface area contributed by atoms with E-state index in [0.717, 1.165) is 5.52 Å². The summed E-state index contributed by atoms with van der Waals surface area (Å²) in [7, 11) is 1.55. The molecule has 0 atom stereocenters. The Balaban J connectivity index is 2.17. The minimum Gasteiger partial charge on any atom is -0.507 e. The van der Waals surface area contributed by atoms with Crippen molar-refractivity contribution in [2.75, 3.05) is 7.11 Å². The molecule has 0 radical (unpaired) electrons. The molecule has 2 N–H and O–H groups in total. The number of benzene rings is 1. The lowest BCUT2D eigenvalue weighted by Crippen LogP contribution is -1.86. The van der Waals surface area contributed by atoms with Crippen LogP contribution in [0.2, 0.25) is 5.02 Å². The Bertz CT molecular complexity index is 755. The van der Waals surface area contributed by atoms with Gasteiger partial charge in [0.05, 0.1) is 18.2 Å². The number of halogens is 1. The number of ether oxygens (including phenoxy) is 1. The second kappa shape index (κ2) is 4.44. The molecule has 3 rings (SSSR count). The first-order valence-electron chi connectivity index (χ1n) is 5.57. The van der Waals surface area contributed by atoms with E-state index in [9.17, 15) is 5.11 Å². The summed E-state index contributed by atoms with van der Waals surface area (Å²) >= 11 is 5.92. The zero-order valence-corrected chi connectivity index (χ0v) is 10.8. The fraction of sp³-hybridized carbons (Fsp3) is 0.0769. The van der Waals surface area contributed by atoms with Crippen molar-refractivity contribution < 1.29 is 9.84 Å². The van der Waals surface area contributed by atoms with E-state index >= 15 is 0 Å². The highest BCUT2D eigenvalue weighted by Gasteiger charge is 2.11. The molecule has 2 aromatic heterocycles. The van der Waals surface area contributed by atoms with Gasteiger partial charge in [-0.1, -0.05) is 11.6 Å². The van der Waals surface area contributed by atoms with Crippen LogP contribution in [0.4, 0.5) is 0 Å². The van der Waals surface area contributed by atoms with Gasteiger partial charge in [-0.3, -0.25) is 0 Å². The second-order valence-electron chi connectivity index (χ2n) is 3.97. The fourth-order valence-electron chi connectivity index (χ4n) is 1.81. The third-order valence-electron chi connectivity index (χ3n) is 2.74. The summed E-state index contributed by atoms with van der Waals surface area (Å²) in [6.07, 6.45) is 0. The van der Waals surface area contributed by atoms with Gasteiger partial charge in [0, 0.05) is 11.1 Å². The maximum absolute atomic E-state index is 9.85. The lowest BCUT2D eigenvalue weighted by atomic mass is 10.2. The molecule has 6 heteroatoms. The Morgan fingerprint density at radius 2 is 2.05 bits per heavy atom. The van der Waals surface area contributed by atoms with Crippen LogP contribution in [0.3, 0.4) is 0 Å². The van der Waals surface area contributed by atoms with E-state index in [1.54, 1.807) is 25.3 Å². The Kier molecular flexibility index (Phi) is 2.76. The molecular weight excluding hydrogens is 266 g/mol. The van der Waals surface area contributed by atoms with Gasteiger partial charge in [0.15, 0.2) is 5.65 Å². The Morgan fingerprint density at radius 1 is 1.21 bits per heavy atom. The maximum atomic E-state index is 9.85. The second-order valence-corrected chi connectivity index (χ2v) is 4.41. The van der Waals surface area contributed by atoms with Gasteiger partial charge in [-0.15, -0.1) is 0 Å². The van der Waals surface area contributed by atoms with Crippen LogP contribution in [0.25, 0.3) is 22.6 Å². The maximum Gasteiger partial charge on any atom is 0.215 e. The van der Waals surface area contributed by atoms with E-state index in [0.29, 0.717) is 27.9 Å². The third kappa shape index (κ3) is 2.08. The molecule has 2 heterocycles. The van der Waals surface area contributed by atoms with E-state index in [1.165, 1.54) is 6.07 Å². The van der Waals surface area contributed by atoms with Crippen molar-refractivity contribution in [1.82, 2.24) is 15.0 Å². The highest BCUT2D eigenvalue weighted by molar-refractivity contribution is 6.30. The van der Waals surface area contributed by atoms with Crippen LogP contribution in [0.1, 0.15) is 0 Å². The molecule has 19 heavy (non-hydrogen) atoms. The molecule has 0 amide bonds. The van der Waals surface area contributed by atoms with E-state index in [2.05, 4.69) is 15.0 Å². The molecule has 96 valence electrons. The van der Waals surface area contributed by atoms with E-state index in [4.69, 9.17) is 16.3 Å². The topological polar surface area (TPSA) is 71.0 Å². The molecule has 3 aromatic rings. The summed E-state index contributed by atoms with van der Waals surface area (Å²) in [6.45, 7) is 0. The number of hydrogen-bond donors (Lipinski definition) is 2. The molecule has 5 nitrogen and oxygen atoms in total. The molecule has 0 saturated heterocycles. The average molecular weight is 276 g/mol. The monoisotopic (exact) mass is 275 g/mol. The van der Waals surface area contributed by atoms with Gasteiger partial charge >= 0.3 is 0 Å². The molecule has 1 aromatic carbocycles. The average Bonchev–Trinajstić information content (AvgIpc) is 2.83. The SMILES string of the molecule is COc1ccc2[nH]c(-c3cc(Cl)ccc3O)nc2n1. The van der Waals surface area contributed by atoms with Crippen LogP contribution in [0.5, 0.6) is 11.6 Å². The minimum atomic E-state index is 0.107. The van der Waals surface area contributed by atoms with E-state index < -0.39 is 0 Å². The summed E-state index contributed by atoms with van der Waals surface area (Å²) in [6, 6.07) is 8.34. The van der Waals surface area contributed by atoms with Gasteiger partial charge in [0.1, 0.15) is 11.6 Å². The number of aromatic nitrogens is 3. The number of aromatic amines is 1. The smallest absolute Gasteiger partial charge is 0.215 e. The lowest BCUT2D eigenvalue weighted by molar-refractivity contribution is 0.399. The zero-order valence-electron chi connectivity index (χ0n) is 10.0. The van der Waals surface area contributed by atoms with Crippen molar-refractivity contribution in [2.45, 2.75) is 0 Å². The van der Waals surface area contributed by atoms with Crippen LogP contribution in [0.15, 0.2) is 30.3 Å². The van der Waals surface area contributed by atoms with Crippen LogP contribution in [-0.2, 0) is 0 Å². The predicted octanol–water partition coefficient (Wildman–Crippen LogP) is 2.99. The highest BCUT2D eigenvalue weighted by Crippen LogP contribution is 2.31. The van der Waals surface area contributed by atoms with Crippen LogP contribution >= 0.6 is 11.6 Å². The molecule has 0 aliphatic carbocycles. The van der Waals surface area contributed by atoms with E-state index in [-0.39, 0.29) is 5.75 Å². The van der Waals surface area contributed by atoms with Gasteiger partial charge in [-0.25, -0.2) is 4.98 Å². The normalized spacial score (nSPS) is 10.8. The number of nitrogens with one attached hydrogen (secondary N) is 1. The quantitative estimate of drug-likeness (QED) is 0.754. The molecule has 0 saturated carbocycles. The molecule has 0 aliphatic rings. The fourth-order valence-corrected chi connectivity index (χ4v) is 1.99. The van der Waals surface area contributed by atoms with Crippen LogP contribution in [0, 0.1) is 0 Å². The van der Waals surface area contributed by atoms with Crippen LogP contribution in [-0.4, -0.2) is 27.2 Å². The predicted molar refractivity (Wildman–Crippen MR) is 72.6 cm³/mol. The highest BCUT2D eigenvalue weighted by atomic mass is 35.5. The summed E-state index contributed by atoms with van der Waals surface area (Å²) in [4.78, 5) is 11.6. The number of pyridine rings is 1. The number of phenols is 1. The van der Waals surface area contributed by atoms with Crippen molar-refractivity contribution in [3.63, 3.8) is 0 Å². The number of rotatable bonds is 2. The Morgan fingerprint density at radius 3 is 2.84 bits per heavy atom. The van der Waals surface area contributed by atoms with E-state index in [1.807, 2.05) is 6.07 Å². The molecule has 0 spiro atoms. The van der Waals surface area contributed by atoms with Crippen molar-refractivity contribution in [3.05, 3.63) is 35.4 Å². The molecular formula is C13H10ClN3O2. The third-order valence-corrected chi connectivity index (χ3v) is 2.98. The Hall–Kier alpha value is -2.27. The van der Waals surface area contributed by atoms with Gasteiger partial charge < -0.3 is 14.8 Å². The van der Waals surface area contributed by atoms with Gasteiger partial charge in [0.2, 0.25) is 5.88 Å². The number of methoxy groups -OCH3 is 1. The first-order chi connectivity index (χ1) is 9.17. The van der Waals surface area contributed by atoms with Crippen molar-refractivity contribution in [1.29, 1.82) is 0 Å². The van der Waals surface area contributed by atoms with Gasteiger partial charge in [-0.05, 0) is 24.3 Å². The number of hydrogen-bond acceptors (Lipinski definition) is 4. The zero-order chi connectivity index (χ0) is 13.4. The van der Waals surface area contributed by atoms with Gasteiger partial charge in [-0.2, -0.15) is 4.98 Å². The largest absolute Gasteiger partial charge is 0.507 e. The lowest BCUT2D eigenvalue weighted by Gasteiger charge is -2.00. The first kappa shape index (κ1) is 11.8. The number of aromatic hydroxyl groups is 1. The molecule has 0 unspecified atom stereocenters. The summed E-state index contributed by atoms with van der Waals surface area (Å²) in [5, 5.41) is 10.4.